The quantitative estimate of drug-likeness (QED) is 0.380. The van der Waals surface area contributed by atoms with Gasteiger partial charge in [0.2, 0.25) is 11.6 Å². The maximum absolute atomic E-state index is 13.4. The summed E-state index contributed by atoms with van der Waals surface area (Å²) in [4.78, 5) is 62.4. The summed E-state index contributed by atoms with van der Waals surface area (Å²) in [5, 5.41) is 8.31. The van der Waals surface area contributed by atoms with Crippen LogP contribution in [-0.2, 0) is 19.3 Å². The third-order valence-electron chi connectivity index (χ3n) is 6.40. The van der Waals surface area contributed by atoms with Crippen LogP contribution in [-0.4, -0.2) is 34.6 Å². The fraction of sp³-hybridized carbons (Fsp3) is 0.267. The molecule has 8 nitrogen and oxygen atoms in total. The van der Waals surface area contributed by atoms with Crippen molar-refractivity contribution >= 4 is 34.6 Å². The van der Waals surface area contributed by atoms with Gasteiger partial charge in [0.15, 0.2) is 11.6 Å². The molecule has 3 aliphatic carbocycles. The molecule has 0 N–H and O–H groups in total. The highest BCUT2D eigenvalue weighted by Gasteiger charge is 2.37. The lowest BCUT2D eigenvalue weighted by Gasteiger charge is -2.20. The topological polar surface area (TPSA) is 111 Å². The SMILES string of the molecule is CC1=CC(=NOC2=C(ON=C3C=C(C)C(=O)C=C3C(C)C)C(=O)c3ccccc3C2=O)C(C(C)C)=CC1=O. The number of carbonyl (C=O) groups is 4. The van der Waals surface area contributed by atoms with E-state index in [0.717, 1.165) is 0 Å². The molecule has 194 valence electrons. The molecule has 0 radical (unpaired) electrons. The molecule has 1 aromatic rings. The van der Waals surface area contributed by atoms with E-state index in [-0.39, 0.29) is 34.5 Å². The Hall–Kier alpha value is -4.46. The van der Waals surface area contributed by atoms with Gasteiger partial charge in [-0.2, -0.15) is 0 Å². The van der Waals surface area contributed by atoms with E-state index < -0.39 is 23.1 Å². The molecule has 0 saturated heterocycles. The smallest absolute Gasteiger partial charge is 0.255 e. The second-order valence-corrected chi connectivity index (χ2v) is 9.89. The van der Waals surface area contributed by atoms with Gasteiger partial charge in [-0.25, -0.2) is 0 Å². The lowest BCUT2D eigenvalue weighted by molar-refractivity contribution is -0.112. The van der Waals surface area contributed by atoms with Gasteiger partial charge in [-0.15, -0.1) is 0 Å². The Kier molecular flexibility index (Phi) is 7.35. The molecule has 4 rings (SSSR count). The molecule has 8 heteroatoms. The first-order valence-electron chi connectivity index (χ1n) is 12.3. The van der Waals surface area contributed by atoms with Crippen molar-refractivity contribution in [1.29, 1.82) is 0 Å². The number of Topliss-reactive ketones (excluding diaryl/α,β-unsaturated/α-hetero) is 2. The van der Waals surface area contributed by atoms with Gasteiger partial charge < -0.3 is 9.68 Å². The normalized spacial score (nSPS) is 20.1. The standard InChI is InChI=1S/C30H28N2O6/c1-15(2)21-13-25(33)17(5)11-23(21)31-37-29-27(35)19-9-7-8-10-20(19)28(36)30(29)38-32-24-12-18(6)26(34)14-22(24)16(3)4/h7-16H,1-6H3. The Labute approximate surface area is 220 Å². The van der Waals surface area contributed by atoms with Crippen molar-refractivity contribution in [3.8, 4) is 0 Å². The van der Waals surface area contributed by atoms with E-state index >= 15 is 0 Å². The van der Waals surface area contributed by atoms with Gasteiger partial charge in [0, 0.05) is 11.1 Å². The van der Waals surface area contributed by atoms with Crippen molar-refractivity contribution in [2.24, 2.45) is 22.1 Å². The molecular weight excluding hydrogens is 484 g/mol. The first kappa shape index (κ1) is 26.6. The van der Waals surface area contributed by atoms with Gasteiger partial charge in [-0.3, -0.25) is 19.2 Å². The lowest BCUT2D eigenvalue weighted by atomic mass is 9.90. The van der Waals surface area contributed by atoms with E-state index in [1.807, 2.05) is 27.7 Å². The average molecular weight is 513 g/mol. The van der Waals surface area contributed by atoms with E-state index in [4.69, 9.17) is 9.68 Å². The van der Waals surface area contributed by atoms with Crippen molar-refractivity contribution in [2.75, 3.05) is 0 Å². The highest BCUT2D eigenvalue weighted by atomic mass is 16.7. The maximum atomic E-state index is 13.4. The van der Waals surface area contributed by atoms with Crippen LogP contribution in [0.25, 0.3) is 0 Å². The van der Waals surface area contributed by atoms with Gasteiger partial charge in [-0.1, -0.05) is 62.3 Å². The first-order chi connectivity index (χ1) is 18.0. The Morgan fingerprint density at radius 1 is 0.605 bits per heavy atom. The van der Waals surface area contributed by atoms with Crippen LogP contribution in [0.5, 0.6) is 0 Å². The van der Waals surface area contributed by atoms with Gasteiger partial charge in [0.1, 0.15) is 11.4 Å². The number of oxime groups is 2. The Morgan fingerprint density at radius 3 is 1.32 bits per heavy atom. The molecular formula is C30H28N2O6. The summed E-state index contributed by atoms with van der Waals surface area (Å²) in [5.41, 5.74) is 3.24. The summed E-state index contributed by atoms with van der Waals surface area (Å²) in [6.45, 7) is 10.9. The third-order valence-corrected chi connectivity index (χ3v) is 6.40. The number of hydrogen-bond donors (Lipinski definition) is 0. The number of nitrogens with zero attached hydrogens (tertiary/aromatic N) is 2. The molecule has 0 amide bonds. The van der Waals surface area contributed by atoms with E-state index in [1.165, 1.54) is 24.3 Å². The van der Waals surface area contributed by atoms with Crippen LogP contribution in [0.3, 0.4) is 0 Å². The summed E-state index contributed by atoms with van der Waals surface area (Å²) in [6, 6.07) is 6.33. The number of hydrogen-bond acceptors (Lipinski definition) is 8. The minimum atomic E-state index is -0.590. The Balaban J connectivity index is 1.80. The van der Waals surface area contributed by atoms with Crippen molar-refractivity contribution in [3.05, 3.63) is 93.5 Å². The van der Waals surface area contributed by atoms with Crippen molar-refractivity contribution in [2.45, 2.75) is 41.5 Å². The molecule has 3 aliphatic rings. The van der Waals surface area contributed by atoms with Gasteiger partial charge >= 0.3 is 0 Å². The maximum Gasteiger partial charge on any atom is 0.255 e. The molecule has 0 aliphatic heterocycles. The molecule has 0 aromatic heterocycles. The molecule has 38 heavy (non-hydrogen) atoms. The fourth-order valence-electron chi connectivity index (χ4n) is 4.15. The van der Waals surface area contributed by atoms with Crippen LogP contribution >= 0.6 is 0 Å². The summed E-state index contributed by atoms with van der Waals surface area (Å²) < 4.78 is 0. The number of allylic oxidation sites excluding steroid dienone is 10. The number of ketones is 4. The molecule has 0 saturated carbocycles. The van der Waals surface area contributed by atoms with Crippen molar-refractivity contribution in [1.82, 2.24) is 0 Å². The first-order valence-corrected chi connectivity index (χ1v) is 12.3. The van der Waals surface area contributed by atoms with Crippen LogP contribution in [0.2, 0.25) is 0 Å². The predicted octanol–water partition coefficient (Wildman–Crippen LogP) is 5.25. The van der Waals surface area contributed by atoms with Crippen molar-refractivity contribution < 1.29 is 28.9 Å². The van der Waals surface area contributed by atoms with Crippen LogP contribution in [0, 0.1) is 11.8 Å². The van der Waals surface area contributed by atoms with Gasteiger partial charge in [-0.05, 0) is 72.3 Å². The minimum Gasteiger partial charge on any atom is -0.348 e. The summed E-state index contributed by atoms with van der Waals surface area (Å²) in [7, 11) is 0. The van der Waals surface area contributed by atoms with Gasteiger partial charge in [0.25, 0.3) is 11.5 Å². The van der Waals surface area contributed by atoms with E-state index in [9.17, 15) is 19.2 Å². The molecule has 1 aromatic carbocycles. The number of fused-ring (bicyclic) bond motifs is 1. The average Bonchev–Trinajstić information content (AvgIpc) is 2.87. The molecule has 0 bridgehead atoms. The zero-order valence-corrected chi connectivity index (χ0v) is 22.1. The third kappa shape index (κ3) is 5.02. The second kappa shape index (κ2) is 10.5. The summed E-state index contributed by atoms with van der Waals surface area (Å²) >= 11 is 0. The monoisotopic (exact) mass is 512 g/mol. The molecule has 0 atom stereocenters. The highest BCUT2D eigenvalue weighted by molar-refractivity contribution is 6.26. The minimum absolute atomic E-state index is 0.0450. The number of benzene rings is 1. The zero-order valence-electron chi connectivity index (χ0n) is 22.1. The van der Waals surface area contributed by atoms with Crippen molar-refractivity contribution in [3.63, 3.8) is 0 Å². The molecule has 0 heterocycles. The van der Waals surface area contributed by atoms with Crippen LogP contribution in [0.15, 0.2) is 92.7 Å². The molecule has 0 fully saturated rings. The lowest BCUT2D eigenvalue weighted by Crippen LogP contribution is -2.25. The van der Waals surface area contributed by atoms with Crippen LogP contribution in [0.4, 0.5) is 0 Å². The highest BCUT2D eigenvalue weighted by Crippen LogP contribution is 2.30. The fourth-order valence-corrected chi connectivity index (χ4v) is 4.15. The molecule has 0 spiro atoms. The van der Waals surface area contributed by atoms with E-state index in [0.29, 0.717) is 33.7 Å². The largest absolute Gasteiger partial charge is 0.348 e. The predicted molar refractivity (Wildman–Crippen MR) is 143 cm³/mol. The number of rotatable bonds is 6. The van der Waals surface area contributed by atoms with E-state index in [2.05, 4.69) is 10.3 Å². The number of carbonyl (C=O) groups excluding carboxylic acids is 4. The van der Waals surface area contributed by atoms with E-state index in [1.54, 1.807) is 38.1 Å². The summed E-state index contributed by atoms with van der Waals surface area (Å²) in [6.07, 6.45) is 6.13. The van der Waals surface area contributed by atoms with Gasteiger partial charge in [0.05, 0.1) is 0 Å². The Bertz CT molecular complexity index is 1380. The molecule has 0 unspecified atom stereocenters. The zero-order chi connectivity index (χ0) is 27.7. The second-order valence-electron chi connectivity index (χ2n) is 9.89. The summed E-state index contributed by atoms with van der Waals surface area (Å²) in [5.74, 6) is -2.37. The van der Waals surface area contributed by atoms with Crippen LogP contribution < -0.4 is 0 Å². The Morgan fingerprint density at radius 2 is 0.974 bits per heavy atom. The van der Waals surface area contributed by atoms with Crippen LogP contribution in [0.1, 0.15) is 62.3 Å².